The van der Waals surface area contributed by atoms with Crippen LogP contribution in [0.15, 0.2) is 65.0 Å². The number of aromatic hydroxyl groups is 2. The van der Waals surface area contributed by atoms with Gasteiger partial charge in [-0.15, -0.1) is 10.2 Å². The molecule has 1 heterocycles. The van der Waals surface area contributed by atoms with Crippen LogP contribution in [0, 0.1) is 0 Å². The van der Waals surface area contributed by atoms with Crippen molar-refractivity contribution in [1.82, 2.24) is 4.98 Å². The lowest BCUT2D eigenvalue weighted by Gasteiger charge is -2.04. The number of hydrogen-bond acceptors (Lipinski definition) is 5. The van der Waals surface area contributed by atoms with Crippen LogP contribution in [0.1, 0.15) is 0 Å². The minimum Gasteiger partial charge on any atom is -0.508 e. The molecule has 0 unspecified atom stereocenters. The highest BCUT2D eigenvalue weighted by Gasteiger charge is 2.07. The predicted molar refractivity (Wildman–Crippen MR) is 75.7 cm³/mol. The van der Waals surface area contributed by atoms with Gasteiger partial charge in [-0.3, -0.25) is 0 Å². The summed E-state index contributed by atoms with van der Waals surface area (Å²) in [7, 11) is 0. The van der Waals surface area contributed by atoms with E-state index in [0.717, 1.165) is 5.39 Å². The van der Waals surface area contributed by atoms with Crippen LogP contribution in [0.2, 0.25) is 0 Å². The van der Waals surface area contributed by atoms with Gasteiger partial charge in [0.15, 0.2) is 5.82 Å². The van der Waals surface area contributed by atoms with Gasteiger partial charge in [-0.05, 0) is 41.8 Å². The summed E-state index contributed by atoms with van der Waals surface area (Å²) in [5.74, 6) is 0.654. The third-order valence-corrected chi connectivity index (χ3v) is 2.86. The molecule has 0 atom stereocenters. The number of azo groups is 1. The maximum absolute atomic E-state index is 9.92. The smallest absolute Gasteiger partial charge is 0.174 e. The topological polar surface area (TPSA) is 78.1 Å². The van der Waals surface area contributed by atoms with Crippen LogP contribution in [0.25, 0.3) is 10.8 Å². The van der Waals surface area contributed by atoms with Gasteiger partial charge in [-0.1, -0.05) is 12.1 Å². The lowest BCUT2D eigenvalue weighted by atomic mass is 10.1. The largest absolute Gasteiger partial charge is 0.508 e. The fraction of sp³-hybridized carbons (Fsp3) is 0. The number of nitrogens with zero attached hydrogens (tertiary/aromatic N) is 3. The minimum absolute atomic E-state index is 0.0304. The molecule has 1 aromatic heterocycles. The second-order valence-corrected chi connectivity index (χ2v) is 4.23. The molecule has 0 bridgehead atoms. The van der Waals surface area contributed by atoms with Crippen molar-refractivity contribution in [1.29, 1.82) is 0 Å². The van der Waals surface area contributed by atoms with Gasteiger partial charge >= 0.3 is 0 Å². The molecule has 3 aromatic rings. The number of rotatable bonds is 2. The third-order valence-electron chi connectivity index (χ3n) is 2.86. The van der Waals surface area contributed by atoms with E-state index in [1.165, 1.54) is 6.07 Å². The zero-order valence-corrected chi connectivity index (χ0v) is 10.4. The van der Waals surface area contributed by atoms with Crippen molar-refractivity contribution in [2.75, 3.05) is 0 Å². The van der Waals surface area contributed by atoms with E-state index in [4.69, 9.17) is 0 Å². The summed E-state index contributed by atoms with van der Waals surface area (Å²) in [4.78, 5) is 4.04. The number of pyridine rings is 1. The first-order valence-corrected chi connectivity index (χ1v) is 6.01. The first kappa shape index (κ1) is 12.1. The van der Waals surface area contributed by atoms with Gasteiger partial charge in [0.1, 0.15) is 17.2 Å². The van der Waals surface area contributed by atoms with Crippen LogP contribution < -0.4 is 0 Å². The fourth-order valence-corrected chi connectivity index (χ4v) is 1.91. The van der Waals surface area contributed by atoms with Gasteiger partial charge in [0, 0.05) is 11.6 Å². The van der Waals surface area contributed by atoms with Crippen molar-refractivity contribution < 1.29 is 10.2 Å². The van der Waals surface area contributed by atoms with Gasteiger partial charge in [-0.2, -0.15) is 0 Å². The highest BCUT2D eigenvalue weighted by Crippen LogP contribution is 2.37. The molecule has 0 amide bonds. The van der Waals surface area contributed by atoms with Gasteiger partial charge in [0.25, 0.3) is 0 Å². The molecule has 5 nitrogen and oxygen atoms in total. The van der Waals surface area contributed by atoms with Crippen molar-refractivity contribution in [3.8, 4) is 11.5 Å². The highest BCUT2D eigenvalue weighted by molar-refractivity contribution is 5.95. The maximum atomic E-state index is 9.92. The van der Waals surface area contributed by atoms with Crippen LogP contribution in [0.5, 0.6) is 11.5 Å². The Balaban J connectivity index is 2.11. The quantitative estimate of drug-likeness (QED) is 0.686. The molecular formula is C15H11N3O2. The molecule has 0 radical (unpaired) electrons. The molecule has 98 valence electrons. The number of hydrogen-bond donors (Lipinski definition) is 2. The summed E-state index contributed by atoms with van der Waals surface area (Å²) in [6.07, 6.45) is 1.62. The van der Waals surface area contributed by atoms with E-state index in [0.29, 0.717) is 16.9 Å². The highest BCUT2D eigenvalue weighted by atomic mass is 16.3. The first-order valence-electron chi connectivity index (χ1n) is 6.01. The van der Waals surface area contributed by atoms with Crippen LogP contribution in [-0.4, -0.2) is 15.2 Å². The number of phenols is 2. The summed E-state index contributed by atoms with van der Waals surface area (Å²) in [6, 6.07) is 13.4. The SMILES string of the molecule is Oc1ccc2c(/N=N/c3ccccn3)c(O)ccc2c1. The van der Waals surface area contributed by atoms with Gasteiger partial charge in [-0.25, -0.2) is 4.98 Å². The van der Waals surface area contributed by atoms with Crippen molar-refractivity contribution >= 4 is 22.3 Å². The number of fused-ring (bicyclic) bond motifs is 1. The molecule has 2 N–H and O–H groups in total. The Morgan fingerprint density at radius 1 is 0.900 bits per heavy atom. The Hall–Kier alpha value is -2.95. The summed E-state index contributed by atoms with van der Waals surface area (Å²) < 4.78 is 0. The van der Waals surface area contributed by atoms with E-state index >= 15 is 0 Å². The lowest BCUT2D eigenvalue weighted by Crippen LogP contribution is -1.76. The molecule has 0 saturated carbocycles. The van der Waals surface area contributed by atoms with Crippen molar-refractivity contribution in [3.05, 3.63) is 54.7 Å². The normalized spacial score (nSPS) is 11.2. The standard InChI is InChI=1S/C15H11N3O2/c19-11-5-6-12-10(9-11)4-7-13(20)15(12)18-17-14-3-1-2-8-16-14/h1-9,19-20H/b18-17+. The van der Waals surface area contributed by atoms with Crippen LogP contribution in [0.3, 0.4) is 0 Å². The van der Waals surface area contributed by atoms with Crippen LogP contribution in [0.4, 0.5) is 11.5 Å². The van der Waals surface area contributed by atoms with E-state index in [-0.39, 0.29) is 11.5 Å². The zero-order chi connectivity index (χ0) is 13.9. The summed E-state index contributed by atoms with van der Waals surface area (Å²) >= 11 is 0. The number of aromatic nitrogens is 1. The Kier molecular flexibility index (Phi) is 3.01. The van der Waals surface area contributed by atoms with Gasteiger partial charge in [0.2, 0.25) is 0 Å². The van der Waals surface area contributed by atoms with E-state index < -0.39 is 0 Å². The molecule has 3 rings (SSSR count). The van der Waals surface area contributed by atoms with E-state index in [9.17, 15) is 10.2 Å². The lowest BCUT2D eigenvalue weighted by molar-refractivity contribution is 0.474. The van der Waals surface area contributed by atoms with E-state index in [2.05, 4.69) is 15.2 Å². The summed E-state index contributed by atoms with van der Waals surface area (Å²) in [5.41, 5.74) is 0.355. The van der Waals surface area contributed by atoms with Crippen LogP contribution in [-0.2, 0) is 0 Å². The average Bonchev–Trinajstić information content (AvgIpc) is 2.47. The molecule has 2 aromatic carbocycles. The summed E-state index contributed by atoms with van der Waals surface area (Å²) in [5, 5.41) is 28.9. The fourth-order valence-electron chi connectivity index (χ4n) is 1.91. The summed E-state index contributed by atoms with van der Waals surface area (Å²) in [6.45, 7) is 0. The molecule has 0 aliphatic rings. The molecule has 0 spiro atoms. The molecule has 0 aliphatic carbocycles. The maximum Gasteiger partial charge on any atom is 0.174 e. The Morgan fingerprint density at radius 2 is 1.80 bits per heavy atom. The van der Waals surface area contributed by atoms with Crippen molar-refractivity contribution in [2.24, 2.45) is 10.2 Å². The van der Waals surface area contributed by atoms with Crippen molar-refractivity contribution in [2.45, 2.75) is 0 Å². The molecule has 5 heteroatoms. The number of benzene rings is 2. The Morgan fingerprint density at radius 3 is 2.60 bits per heavy atom. The van der Waals surface area contributed by atoms with Gasteiger partial charge in [0.05, 0.1) is 0 Å². The average molecular weight is 265 g/mol. The van der Waals surface area contributed by atoms with Crippen molar-refractivity contribution in [3.63, 3.8) is 0 Å². The first-order chi connectivity index (χ1) is 9.74. The third kappa shape index (κ3) is 2.29. The predicted octanol–water partition coefficient (Wildman–Crippen LogP) is 4.06. The van der Waals surface area contributed by atoms with Gasteiger partial charge < -0.3 is 10.2 Å². The molecule has 0 aliphatic heterocycles. The van der Waals surface area contributed by atoms with Crippen LogP contribution >= 0.6 is 0 Å². The molecule has 20 heavy (non-hydrogen) atoms. The number of phenolic OH excluding ortho intramolecular Hbond substituents is 2. The second kappa shape index (κ2) is 4.97. The minimum atomic E-state index is 0.0304. The van der Waals surface area contributed by atoms with E-state index in [1.54, 1.807) is 42.6 Å². The molecule has 0 saturated heterocycles. The van der Waals surface area contributed by atoms with E-state index in [1.807, 2.05) is 6.07 Å². The monoisotopic (exact) mass is 265 g/mol. The second-order valence-electron chi connectivity index (χ2n) is 4.23. The zero-order valence-electron chi connectivity index (χ0n) is 10.4. The Labute approximate surface area is 114 Å². The Bertz CT molecular complexity index is 786. The molecule has 0 fully saturated rings. The molecular weight excluding hydrogens is 254 g/mol.